The molecule has 0 aliphatic heterocycles. The summed E-state index contributed by atoms with van der Waals surface area (Å²) in [6.07, 6.45) is 0.921. The van der Waals surface area contributed by atoms with Gasteiger partial charge in [-0.2, -0.15) is 0 Å². The maximum absolute atomic E-state index is 10.8. The second kappa shape index (κ2) is 7.61. The fourth-order valence-electron chi connectivity index (χ4n) is 1.59. The van der Waals surface area contributed by atoms with E-state index in [9.17, 15) is 10.1 Å². The highest BCUT2D eigenvalue weighted by molar-refractivity contribution is 5.54. The second-order valence-corrected chi connectivity index (χ2v) is 4.85. The number of hydrazine groups is 1. The lowest BCUT2D eigenvalue weighted by Crippen LogP contribution is -2.28. The zero-order chi connectivity index (χ0) is 15.1. The Balaban J connectivity index is 2.55. The third-order valence-corrected chi connectivity index (χ3v) is 3.04. The lowest BCUT2D eigenvalue weighted by Gasteiger charge is -2.20. The number of nitrogens with one attached hydrogen (secondary N) is 2. The van der Waals surface area contributed by atoms with Gasteiger partial charge in [-0.3, -0.25) is 10.1 Å². The molecule has 1 aromatic heterocycles. The van der Waals surface area contributed by atoms with E-state index in [1.54, 1.807) is 0 Å². The maximum atomic E-state index is 10.8. The summed E-state index contributed by atoms with van der Waals surface area (Å²) < 4.78 is 0. The van der Waals surface area contributed by atoms with E-state index < -0.39 is 4.92 Å². The largest absolute Gasteiger partial charge is 0.370 e. The van der Waals surface area contributed by atoms with E-state index in [1.807, 2.05) is 0 Å². The standard InChI is InChI=1S/C12H22N6O2/c1-9(2)17(3)6-4-5-14-11-7-10(18(19)20)8-12(15-11)16-13/h7-9H,4-6,13H2,1-3H3,(H2,14,15,16). The van der Waals surface area contributed by atoms with Gasteiger partial charge in [-0.1, -0.05) is 0 Å². The summed E-state index contributed by atoms with van der Waals surface area (Å²) in [6.45, 7) is 5.90. The van der Waals surface area contributed by atoms with Crippen molar-refractivity contribution in [2.24, 2.45) is 5.84 Å². The number of rotatable bonds is 8. The summed E-state index contributed by atoms with van der Waals surface area (Å²) in [7, 11) is 2.06. The van der Waals surface area contributed by atoms with E-state index in [-0.39, 0.29) is 11.5 Å². The molecule has 0 saturated heterocycles. The van der Waals surface area contributed by atoms with Gasteiger partial charge in [0.2, 0.25) is 0 Å². The molecule has 0 aliphatic rings. The van der Waals surface area contributed by atoms with Gasteiger partial charge < -0.3 is 15.6 Å². The third-order valence-electron chi connectivity index (χ3n) is 3.04. The molecule has 0 unspecified atom stereocenters. The molecule has 0 saturated carbocycles. The van der Waals surface area contributed by atoms with Gasteiger partial charge in [0.05, 0.1) is 17.1 Å². The van der Waals surface area contributed by atoms with Gasteiger partial charge in [-0.25, -0.2) is 10.8 Å². The summed E-state index contributed by atoms with van der Waals surface area (Å²) >= 11 is 0. The molecule has 0 bridgehead atoms. The number of nitro groups is 1. The molecule has 1 aromatic rings. The SMILES string of the molecule is CC(C)N(C)CCCNc1cc([N+](=O)[O-])cc(NN)n1. The summed E-state index contributed by atoms with van der Waals surface area (Å²) in [6, 6.07) is 3.18. The molecule has 4 N–H and O–H groups in total. The molecular formula is C12H22N6O2. The molecule has 1 heterocycles. The van der Waals surface area contributed by atoms with Crippen molar-refractivity contribution >= 4 is 17.3 Å². The molecule has 0 atom stereocenters. The number of hydrogen-bond acceptors (Lipinski definition) is 7. The Bertz CT molecular complexity index is 452. The molecule has 0 aliphatic carbocycles. The minimum atomic E-state index is -0.472. The van der Waals surface area contributed by atoms with Crippen LogP contribution in [0, 0.1) is 10.1 Å². The van der Waals surface area contributed by atoms with E-state index in [2.05, 4.69) is 41.5 Å². The van der Waals surface area contributed by atoms with Crippen molar-refractivity contribution in [3.63, 3.8) is 0 Å². The molecule has 0 aromatic carbocycles. The van der Waals surface area contributed by atoms with Crippen LogP contribution < -0.4 is 16.6 Å². The van der Waals surface area contributed by atoms with Crippen molar-refractivity contribution in [1.29, 1.82) is 0 Å². The summed E-state index contributed by atoms with van der Waals surface area (Å²) in [4.78, 5) is 16.7. The molecule has 0 amide bonds. The fourth-order valence-corrected chi connectivity index (χ4v) is 1.59. The molecule has 8 heteroatoms. The van der Waals surface area contributed by atoms with Gasteiger partial charge in [0.15, 0.2) is 0 Å². The highest BCUT2D eigenvalue weighted by Gasteiger charge is 2.10. The average Bonchev–Trinajstić information content (AvgIpc) is 2.42. The molecule has 0 fully saturated rings. The van der Waals surface area contributed by atoms with Gasteiger partial charge in [0.1, 0.15) is 11.6 Å². The monoisotopic (exact) mass is 282 g/mol. The van der Waals surface area contributed by atoms with Crippen molar-refractivity contribution in [1.82, 2.24) is 9.88 Å². The van der Waals surface area contributed by atoms with E-state index in [0.717, 1.165) is 13.0 Å². The van der Waals surface area contributed by atoms with Gasteiger partial charge in [-0.05, 0) is 33.9 Å². The van der Waals surface area contributed by atoms with Gasteiger partial charge >= 0.3 is 0 Å². The van der Waals surface area contributed by atoms with Crippen LogP contribution in [-0.4, -0.2) is 41.0 Å². The van der Waals surface area contributed by atoms with E-state index in [4.69, 9.17) is 5.84 Å². The van der Waals surface area contributed by atoms with Crippen LogP contribution in [0.4, 0.5) is 17.3 Å². The minimum absolute atomic E-state index is 0.0465. The van der Waals surface area contributed by atoms with Crippen LogP contribution in [0.25, 0.3) is 0 Å². The highest BCUT2D eigenvalue weighted by Crippen LogP contribution is 2.19. The Kier molecular flexibility index (Phi) is 6.13. The van der Waals surface area contributed by atoms with Crippen molar-refractivity contribution in [2.75, 3.05) is 30.9 Å². The summed E-state index contributed by atoms with van der Waals surface area (Å²) in [5.41, 5.74) is 2.28. The normalized spacial score (nSPS) is 10.9. The van der Waals surface area contributed by atoms with Crippen molar-refractivity contribution < 1.29 is 4.92 Å². The molecule has 8 nitrogen and oxygen atoms in total. The van der Waals surface area contributed by atoms with Gasteiger partial charge in [0.25, 0.3) is 5.69 Å². The molecule has 0 radical (unpaired) electrons. The van der Waals surface area contributed by atoms with Crippen LogP contribution in [0.1, 0.15) is 20.3 Å². The number of aromatic nitrogens is 1. The zero-order valence-electron chi connectivity index (χ0n) is 12.1. The predicted octanol–water partition coefficient (Wildman–Crippen LogP) is 1.42. The van der Waals surface area contributed by atoms with Crippen LogP contribution in [-0.2, 0) is 0 Å². The van der Waals surface area contributed by atoms with Gasteiger partial charge in [-0.15, -0.1) is 0 Å². The topological polar surface area (TPSA) is 109 Å². The van der Waals surface area contributed by atoms with Crippen LogP contribution in [0.2, 0.25) is 0 Å². The Hall–Kier alpha value is -1.93. The van der Waals surface area contributed by atoms with Crippen LogP contribution in [0.3, 0.4) is 0 Å². The first-order valence-corrected chi connectivity index (χ1v) is 6.51. The molecule has 0 spiro atoms. The van der Waals surface area contributed by atoms with Crippen molar-refractivity contribution in [3.8, 4) is 0 Å². The first-order chi connectivity index (χ1) is 9.43. The van der Waals surface area contributed by atoms with Gasteiger partial charge in [0, 0.05) is 12.6 Å². The van der Waals surface area contributed by atoms with E-state index in [0.29, 0.717) is 18.4 Å². The number of nitrogen functional groups attached to an aromatic ring is 1. The quantitative estimate of drug-likeness (QED) is 0.286. The Morgan fingerprint density at radius 2 is 2.10 bits per heavy atom. The van der Waals surface area contributed by atoms with Crippen LogP contribution >= 0.6 is 0 Å². The number of nitrogens with zero attached hydrogens (tertiary/aromatic N) is 3. The minimum Gasteiger partial charge on any atom is -0.370 e. The summed E-state index contributed by atoms with van der Waals surface area (Å²) in [5.74, 6) is 5.95. The Morgan fingerprint density at radius 1 is 1.45 bits per heavy atom. The number of nitrogens with two attached hydrogens (primary N) is 1. The third kappa shape index (κ3) is 4.98. The van der Waals surface area contributed by atoms with Crippen LogP contribution in [0.5, 0.6) is 0 Å². The lowest BCUT2D eigenvalue weighted by molar-refractivity contribution is -0.384. The smallest absolute Gasteiger partial charge is 0.276 e. The molecule has 112 valence electrons. The molecule has 20 heavy (non-hydrogen) atoms. The summed E-state index contributed by atoms with van der Waals surface area (Å²) in [5, 5.41) is 13.9. The number of pyridine rings is 1. The second-order valence-electron chi connectivity index (χ2n) is 4.85. The fraction of sp³-hybridized carbons (Fsp3) is 0.583. The van der Waals surface area contributed by atoms with E-state index in [1.165, 1.54) is 12.1 Å². The maximum Gasteiger partial charge on any atom is 0.276 e. The lowest BCUT2D eigenvalue weighted by atomic mass is 10.3. The highest BCUT2D eigenvalue weighted by atomic mass is 16.6. The predicted molar refractivity (Wildman–Crippen MR) is 79.6 cm³/mol. The molecule has 1 rings (SSSR count). The van der Waals surface area contributed by atoms with Crippen LogP contribution in [0.15, 0.2) is 12.1 Å². The average molecular weight is 282 g/mol. The van der Waals surface area contributed by atoms with E-state index >= 15 is 0 Å². The zero-order valence-corrected chi connectivity index (χ0v) is 12.1. The number of anilines is 2. The molecular weight excluding hydrogens is 260 g/mol. The Morgan fingerprint density at radius 3 is 2.65 bits per heavy atom. The van der Waals surface area contributed by atoms with Crippen molar-refractivity contribution in [3.05, 3.63) is 22.2 Å². The first kappa shape index (κ1) is 16.1. The van der Waals surface area contributed by atoms with Crippen molar-refractivity contribution in [2.45, 2.75) is 26.3 Å². The Labute approximate surface area is 118 Å². The number of hydrogen-bond donors (Lipinski definition) is 3. The first-order valence-electron chi connectivity index (χ1n) is 6.51.